The Hall–Kier alpha value is -2.37. The van der Waals surface area contributed by atoms with Crippen molar-refractivity contribution >= 4 is 17.9 Å². The summed E-state index contributed by atoms with van der Waals surface area (Å²) >= 11 is 1.47. The number of carbonyl (C=O) groups excluding carboxylic acids is 1. The van der Waals surface area contributed by atoms with E-state index in [0.717, 1.165) is 5.76 Å². The second-order valence-electron chi connectivity index (χ2n) is 6.05. The van der Waals surface area contributed by atoms with Gasteiger partial charge in [-0.2, -0.15) is 0 Å². The highest BCUT2D eigenvalue weighted by molar-refractivity contribution is 7.98. The Morgan fingerprint density at radius 1 is 1.44 bits per heavy atom. The summed E-state index contributed by atoms with van der Waals surface area (Å²) in [6, 6.07) is 3.55. The van der Waals surface area contributed by atoms with Gasteiger partial charge in [-0.3, -0.25) is 0 Å². The molecule has 1 N–H and O–H groups in total. The van der Waals surface area contributed by atoms with Gasteiger partial charge in [-0.15, -0.1) is 11.7 Å². The molecule has 144 valence electrons. The zero-order chi connectivity index (χ0) is 18.6. The maximum atomic E-state index is 11.8. The second kappa shape index (κ2) is 8.11. The van der Waals surface area contributed by atoms with E-state index in [1.54, 1.807) is 17.0 Å². The molecule has 2 saturated heterocycles. The number of nitrogens with zero attached hydrogens (tertiary/aromatic N) is 4. The molecule has 4 atom stereocenters. The van der Waals surface area contributed by atoms with E-state index in [2.05, 4.69) is 27.4 Å². The average molecular weight is 393 g/mol. The minimum absolute atomic E-state index is 0.186. The van der Waals surface area contributed by atoms with E-state index in [4.69, 9.17) is 18.6 Å². The largest absolute Gasteiger partial charge is 0.468 e. The molecule has 2 fully saturated rings. The number of fused-ring (bicyclic) bond motifs is 1. The SMILES string of the molecule is C=CCNC(=O)O[C@@H]1CO[C@H]2[C@@H]1OC[C@@H]2n1nnnc1SCc1ccco1. The third-order valence-corrected chi connectivity index (χ3v) is 5.29. The molecule has 0 aromatic carbocycles. The Labute approximate surface area is 159 Å². The summed E-state index contributed by atoms with van der Waals surface area (Å²) in [6.07, 6.45) is 1.59. The quantitative estimate of drug-likeness (QED) is 0.547. The third kappa shape index (κ3) is 3.84. The van der Waals surface area contributed by atoms with Gasteiger partial charge in [0.1, 0.15) is 24.0 Å². The topological polar surface area (TPSA) is 114 Å². The van der Waals surface area contributed by atoms with Crippen molar-refractivity contribution in [3.63, 3.8) is 0 Å². The summed E-state index contributed by atoms with van der Waals surface area (Å²) in [4.78, 5) is 11.8. The molecule has 0 spiro atoms. The van der Waals surface area contributed by atoms with Crippen molar-refractivity contribution in [1.29, 1.82) is 0 Å². The van der Waals surface area contributed by atoms with Crippen LogP contribution < -0.4 is 5.32 Å². The van der Waals surface area contributed by atoms with Crippen molar-refractivity contribution in [1.82, 2.24) is 25.5 Å². The lowest BCUT2D eigenvalue weighted by Crippen LogP contribution is -2.37. The number of nitrogens with one attached hydrogen (secondary N) is 1. The minimum Gasteiger partial charge on any atom is -0.468 e. The van der Waals surface area contributed by atoms with Crippen molar-refractivity contribution in [2.45, 2.75) is 35.3 Å². The maximum absolute atomic E-state index is 11.8. The lowest BCUT2D eigenvalue weighted by atomic mass is 10.1. The van der Waals surface area contributed by atoms with Gasteiger partial charge in [0.25, 0.3) is 0 Å². The zero-order valence-electron chi connectivity index (χ0n) is 14.4. The first kappa shape index (κ1) is 18.0. The lowest BCUT2D eigenvalue weighted by molar-refractivity contribution is 0.00312. The summed E-state index contributed by atoms with van der Waals surface area (Å²) in [5, 5.41) is 15.2. The van der Waals surface area contributed by atoms with Crippen molar-refractivity contribution in [2.75, 3.05) is 19.8 Å². The van der Waals surface area contributed by atoms with Crippen LogP contribution in [0.4, 0.5) is 4.79 Å². The van der Waals surface area contributed by atoms with Gasteiger partial charge in [-0.05, 0) is 22.6 Å². The molecule has 2 aliphatic heterocycles. The number of alkyl carbamates (subject to hydrolysis) is 1. The van der Waals surface area contributed by atoms with Gasteiger partial charge in [0.2, 0.25) is 5.16 Å². The number of tetrazole rings is 1. The van der Waals surface area contributed by atoms with Crippen molar-refractivity contribution < 1.29 is 23.4 Å². The summed E-state index contributed by atoms with van der Waals surface area (Å²) in [5.41, 5.74) is 0. The van der Waals surface area contributed by atoms with Gasteiger partial charge in [-0.1, -0.05) is 17.8 Å². The summed E-state index contributed by atoms with van der Waals surface area (Å²) in [5.74, 6) is 1.46. The van der Waals surface area contributed by atoms with Gasteiger partial charge >= 0.3 is 6.09 Å². The summed E-state index contributed by atoms with van der Waals surface area (Å²) in [7, 11) is 0. The van der Waals surface area contributed by atoms with Gasteiger partial charge in [0.15, 0.2) is 6.10 Å². The number of carbonyl (C=O) groups is 1. The molecule has 0 radical (unpaired) electrons. The van der Waals surface area contributed by atoms with Crippen LogP contribution in [0, 0.1) is 0 Å². The highest BCUT2D eigenvalue weighted by Crippen LogP contribution is 2.36. The van der Waals surface area contributed by atoms with Crippen LogP contribution in [0.25, 0.3) is 0 Å². The fourth-order valence-electron chi connectivity index (χ4n) is 3.11. The van der Waals surface area contributed by atoms with E-state index in [1.165, 1.54) is 11.8 Å². The first-order chi connectivity index (χ1) is 13.3. The molecular weight excluding hydrogens is 374 g/mol. The van der Waals surface area contributed by atoms with E-state index in [-0.39, 0.29) is 24.9 Å². The number of hydrogen-bond acceptors (Lipinski definition) is 9. The molecule has 4 rings (SSSR count). The summed E-state index contributed by atoms with van der Waals surface area (Å²) < 4.78 is 24.1. The maximum Gasteiger partial charge on any atom is 0.407 e. The van der Waals surface area contributed by atoms with Gasteiger partial charge < -0.3 is 23.9 Å². The fraction of sp³-hybridized carbons (Fsp3) is 0.500. The Morgan fingerprint density at radius 2 is 2.33 bits per heavy atom. The van der Waals surface area contributed by atoms with E-state index < -0.39 is 12.2 Å². The average Bonchev–Trinajstić information content (AvgIpc) is 3.43. The molecule has 11 heteroatoms. The second-order valence-corrected chi connectivity index (χ2v) is 6.99. The van der Waals surface area contributed by atoms with Crippen LogP contribution in [-0.4, -0.2) is 64.4 Å². The number of ether oxygens (including phenoxy) is 3. The standard InChI is InChI=1S/C16H19N5O5S/c1-2-5-17-16(22)26-12-8-25-13-11(7-24-14(12)13)21-15(18-19-20-21)27-9-10-4-3-6-23-10/h2-4,6,11-14H,1,5,7-9H2,(H,17,22)/t11-,12+,13+,14+/m0/s1. The van der Waals surface area contributed by atoms with Crippen LogP contribution >= 0.6 is 11.8 Å². The van der Waals surface area contributed by atoms with Gasteiger partial charge in [0.05, 0.1) is 25.2 Å². The smallest absolute Gasteiger partial charge is 0.407 e. The number of rotatable bonds is 7. The van der Waals surface area contributed by atoms with Crippen LogP contribution in [0.3, 0.4) is 0 Å². The van der Waals surface area contributed by atoms with Crippen molar-refractivity contribution in [3.05, 3.63) is 36.8 Å². The molecule has 2 aliphatic rings. The Kier molecular flexibility index (Phi) is 5.41. The molecule has 10 nitrogen and oxygen atoms in total. The number of aromatic nitrogens is 4. The number of thioether (sulfide) groups is 1. The van der Waals surface area contributed by atoms with Gasteiger partial charge in [-0.25, -0.2) is 9.48 Å². The number of furan rings is 1. The summed E-state index contributed by atoms with van der Waals surface area (Å²) in [6.45, 7) is 4.53. The highest BCUT2D eigenvalue weighted by atomic mass is 32.2. The van der Waals surface area contributed by atoms with Crippen LogP contribution in [0.5, 0.6) is 0 Å². The van der Waals surface area contributed by atoms with Crippen molar-refractivity contribution in [3.8, 4) is 0 Å². The van der Waals surface area contributed by atoms with E-state index >= 15 is 0 Å². The predicted octanol–water partition coefficient (Wildman–Crippen LogP) is 1.18. The molecule has 0 bridgehead atoms. The van der Waals surface area contributed by atoms with Crippen LogP contribution in [0.1, 0.15) is 11.8 Å². The first-order valence-corrected chi connectivity index (χ1v) is 9.46. The molecule has 2 aromatic rings. The first-order valence-electron chi connectivity index (χ1n) is 8.48. The molecule has 0 unspecified atom stereocenters. The lowest BCUT2D eigenvalue weighted by Gasteiger charge is -2.17. The van der Waals surface area contributed by atoms with Gasteiger partial charge in [0, 0.05) is 6.54 Å². The highest BCUT2D eigenvalue weighted by Gasteiger charge is 2.51. The van der Waals surface area contributed by atoms with E-state index in [0.29, 0.717) is 24.1 Å². The monoisotopic (exact) mass is 393 g/mol. The van der Waals surface area contributed by atoms with Crippen molar-refractivity contribution in [2.24, 2.45) is 0 Å². The Bertz CT molecular complexity index is 782. The number of hydrogen-bond donors (Lipinski definition) is 1. The molecule has 0 saturated carbocycles. The van der Waals surface area contributed by atoms with Crippen LogP contribution in [0.15, 0.2) is 40.6 Å². The Balaban J connectivity index is 1.38. The molecule has 1 amide bonds. The fourth-order valence-corrected chi connectivity index (χ4v) is 3.94. The molecule has 2 aromatic heterocycles. The van der Waals surface area contributed by atoms with Crippen LogP contribution in [-0.2, 0) is 20.0 Å². The van der Waals surface area contributed by atoms with Crippen LogP contribution in [0.2, 0.25) is 0 Å². The van der Waals surface area contributed by atoms with E-state index in [1.807, 2.05) is 12.1 Å². The third-order valence-electron chi connectivity index (χ3n) is 4.33. The molecule has 4 heterocycles. The number of amides is 1. The molecule has 27 heavy (non-hydrogen) atoms. The molecule has 0 aliphatic carbocycles. The van der Waals surface area contributed by atoms with E-state index in [9.17, 15) is 4.79 Å². The predicted molar refractivity (Wildman–Crippen MR) is 93.1 cm³/mol. The zero-order valence-corrected chi connectivity index (χ0v) is 15.2. The minimum atomic E-state index is -0.520. The molecular formula is C16H19N5O5S. The normalized spacial score (nSPS) is 26.7. The Morgan fingerprint density at radius 3 is 3.15 bits per heavy atom.